The van der Waals surface area contributed by atoms with Crippen LogP contribution in [-0.4, -0.2) is 26.7 Å². The minimum absolute atomic E-state index is 0.446. The molecule has 0 unspecified atom stereocenters. The summed E-state index contributed by atoms with van der Waals surface area (Å²) in [6.07, 6.45) is 5.53. The van der Waals surface area contributed by atoms with Crippen LogP contribution in [0.25, 0.3) is 0 Å². The van der Waals surface area contributed by atoms with Crippen molar-refractivity contribution in [3.05, 3.63) is 22.9 Å². The van der Waals surface area contributed by atoms with Crippen molar-refractivity contribution in [1.29, 1.82) is 0 Å². The zero-order valence-corrected chi connectivity index (χ0v) is 10.7. The Hall–Kier alpha value is -0.420. The topological polar surface area (TPSA) is 42.0 Å². The second kappa shape index (κ2) is 5.07. The number of rotatable bonds is 2. The lowest BCUT2D eigenvalue weighted by Crippen LogP contribution is -2.29. The van der Waals surface area contributed by atoms with E-state index in [9.17, 15) is 4.21 Å². The van der Waals surface area contributed by atoms with Gasteiger partial charge < -0.3 is 5.32 Å². The van der Waals surface area contributed by atoms with Gasteiger partial charge in [-0.15, -0.1) is 0 Å². The van der Waals surface area contributed by atoms with Gasteiger partial charge in [0.05, 0.1) is 10.2 Å². The second-order valence-corrected chi connectivity index (χ2v) is 6.17. The molecule has 3 nitrogen and oxygen atoms in total. The van der Waals surface area contributed by atoms with Crippen LogP contribution in [0.4, 0.5) is 5.69 Å². The van der Waals surface area contributed by atoms with E-state index in [1.165, 1.54) is 0 Å². The standard InChI is InChI=1S/C10H13BrN2OS/c11-9-7-12-4-1-10(9)13-8-2-5-15(14)6-3-8/h1,4,7-8H,2-3,5-6H2,(H,12,13). The average molecular weight is 289 g/mol. The third-order valence-electron chi connectivity index (χ3n) is 2.52. The molecule has 1 aliphatic rings. The predicted molar refractivity (Wildman–Crippen MR) is 66.5 cm³/mol. The minimum Gasteiger partial charge on any atom is -0.381 e. The van der Waals surface area contributed by atoms with Crippen molar-refractivity contribution in [3.8, 4) is 0 Å². The average Bonchev–Trinajstić information content (AvgIpc) is 2.25. The van der Waals surface area contributed by atoms with E-state index >= 15 is 0 Å². The number of halogens is 1. The molecular formula is C10H13BrN2OS. The summed E-state index contributed by atoms with van der Waals surface area (Å²) in [5.74, 6) is 1.64. The van der Waals surface area contributed by atoms with Gasteiger partial charge in [0.15, 0.2) is 0 Å². The Morgan fingerprint density at radius 1 is 1.47 bits per heavy atom. The molecule has 2 rings (SSSR count). The highest BCUT2D eigenvalue weighted by atomic mass is 79.9. The van der Waals surface area contributed by atoms with Crippen LogP contribution >= 0.6 is 15.9 Å². The van der Waals surface area contributed by atoms with Gasteiger partial charge in [0, 0.05) is 40.7 Å². The lowest BCUT2D eigenvalue weighted by Gasteiger charge is -2.23. The third kappa shape index (κ3) is 3.01. The van der Waals surface area contributed by atoms with E-state index in [2.05, 4.69) is 26.2 Å². The van der Waals surface area contributed by atoms with Gasteiger partial charge in [0.1, 0.15) is 0 Å². The van der Waals surface area contributed by atoms with E-state index in [1.807, 2.05) is 6.07 Å². The molecule has 0 saturated carbocycles. The molecule has 1 fully saturated rings. The van der Waals surface area contributed by atoms with Gasteiger partial charge in [0.25, 0.3) is 0 Å². The van der Waals surface area contributed by atoms with Gasteiger partial charge >= 0.3 is 0 Å². The number of hydrogen-bond donors (Lipinski definition) is 1. The molecule has 15 heavy (non-hydrogen) atoms. The molecule has 1 aliphatic heterocycles. The highest BCUT2D eigenvalue weighted by Crippen LogP contribution is 2.23. The summed E-state index contributed by atoms with van der Waals surface area (Å²) in [6, 6.07) is 2.40. The molecule has 2 heterocycles. The van der Waals surface area contributed by atoms with Crippen molar-refractivity contribution < 1.29 is 4.21 Å². The van der Waals surface area contributed by atoms with Gasteiger partial charge in [-0.05, 0) is 34.8 Å². The molecule has 0 radical (unpaired) electrons. The summed E-state index contributed by atoms with van der Waals surface area (Å²) in [5.41, 5.74) is 1.07. The molecule has 1 saturated heterocycles. The molecule has 0 aromatic carbocycles. The summed E-state index contributed by atoms with van der Waals surface area (Å²) in [5, 5.41) is 3.45. The van der Waals surface area contributed by atoms with E-state index in [-0.39, 0.29) is 0 Å². The molecule has 0 atom stereocenters. The van der Waals surface area contributed by atoms with Gasteiger partial charge in [-0.2, -0.15) is 0 Å². The highest BCUT2D eigenvalue weighted by molar-refractivity contribution is 9.10. The Kier molecular flexibility index (Phi) is 3.75. The van der Waals surface area contributed by atoms with Gasteiger partial charge in [-0.3, -0.25) is 9.19 Å². The Labute approximate surface area is 100 Å². The van der Waals surface area contributed by atoms with Crippen molar-refractivity contribution in [2.24, 2.45) is 0 Å². The SMILES string of the molecule is O=S1CCC(Nc2ccncc2Br)CC1. The maximum Gasteiger partial charge on any atom is 0.0590 e. The fourth-order valence-electron chi connectivity index (χ4n) is 1.65. The first-order chi connectivity index (χ1) is 7.25. The molecule has 1 aromatic heterocycles. The first-order valence-corrected chi connectivity index (χ1v) is 7.25. The first kappa shape index (κ1) is 11.1. The second-order valence-electron chi connectivity index (χ2n) is 3.62. The maximum absolute atomic E-state index is 11.2. The Morgan fingerprint density at radius 3 is 2.87 bits per heavy atom. The third-order valence-corrected chi connectivity index (χ3v) is 4.53. The number of nitrogens with zero attached hydrogens (tertiary/aromatic N) is 1. The summed E-state index contributed by atoms with van der Waals surface area (Å²) in [6.45, 7) is 0. The van der Waals surface area contributed by atoms with Gasteiger partial charge in [0.2, 0.25) is 0 Å². The quantitative estimate of drug-likeness (QED) is 0.907. The van der Waals surface area contributed by atoms with E-state index in [4.69, 9.17) is 0 Å². The molecule has 1 N–H and O–H groups in total. The predicted octanol–water partition coefficient (Wildman–Crippen LogP) is 2.17. The molecule has 0 bridgehead atoms. The van der Waals surface area contributed by atoms with Crippen LogP contribution in [-0.2, 0) is 10.8 Å². The summed E-state index contributed by atoms with van der Waals surface area (Å²) in [4.78, 5) is 4.01. The molecule has 5 heteroatoms. The number of pyridine rings is 1. The van der Waals surface area contributed by atoms with Gasteiger partial charge in [-0.1, -0.05) is 0 Å². The van der Waals surface area contributed by atoms with Crippen LogP contribution in [0.3, 0.4) is 0 Å². The maximum atomic E-state index is 11.2. The van der Waals surface area contributed by atoms with Crippen molar-refractivity contribution in [2.45, 2.75) is 18.9 Å². The summed E-state index contributed by atoms with van der Waals surface area (Å²) >= 11 is 3.45. The lowest BCUT2D eigenvalue weighted by molar-refractivity contribution is 0.624. The van der Waals surface area contributed by atoms with Crippen LogP contribution in [0.5, 0.6) is 0 Å². The zero-order valence-electron chi connectivity index (χ0n) is 8.28. The smallest absolute Gasteiger partial charge is 0.0590 e. The van der Waals surface area contributed by atoms with Crippen molar-refractivity contribution in [3.63, 3.8) is 0 Å². The van der Waals surface area contributed by atoms with Crippen molar-refractivity contribution in [1.82, 2.24) is 4.98 Å². The number of aromatic nitrogens is 1. The minimum atomic E-state index is -0.588. The molecular weight excluding hydrogens is 276 g/mol. The van der Waals surface area contributed by atoms with Crippen LogP contribution in [0, 0.1) is 0 Å². The largest absolute Gasteiger partial charge is 0.381 e. The van der Waals surface area contributed by atoms with Crippen LogP contribution in [0.1, 0.15) is 12.8 Å². The molecule has 0 spiro atoms. The van der Waals surface area contributed by atoms with E-state index in [1.54, 1.807) is 12.4 Å². The van der Waals surface area contributed by atoms with Gasteiger partial charge in [-0.25, -0.2) is 0 Å². The van der Waals surface area contributed by atoms with Crippen molar-refractivity contribution >= 4 is 32.4 Å². The van der Waals surface area contributed by atoms with Crippen molar-refractivity contribution in [2.75, 3.05) is 16.8 Å². The number of hydrogen-bond acceptors (Lipinski definition) is 3. The van der Waals surface area contributed by atoms with E-state index < -0.39 is 10.8 Å². The fraction of sp³-hybridized carbons (Fsp3) is 0.500. The monoisotopic (exact) mass is 288 g/mol. The normalized spacial score (nSPS) is 26.2. The molecule has 82 valence electrons. The van der Waals surface area contributed by atoms with Crippen LogP contribution in [0.15, 0.2) is 22.9 Å². The van der Waals surface area contributed by atoms with Crippen LogP contribution < -0.4 is 5.32 Å². The fourth-order valence-corrected chi connectivity index (χ4v) is 3.31. The Bertz CT molecular complexity index is 362. The lowest BCUT2D eigenvalue weighted by atomic mass is 10.1. The molecule has 1 aromatic rings. The summed E-state index contributed by atoms with van der Waals surface area (Å²) < 4.78 is 12.2. The highest BCUT2D eigenvalue weighted by Gasteiger charge is 2.17. The Morgan fingerprint density at radius 2 is 2.20 bits per heavy atom. The Balaban J connectivity index is 1.97. The zero-order chi connectivity index (χ0) is 10.7. The van der Waals surface area contributed by atoms with E-state index in [0.29, 0.717) is 6.04 Å². The number of nitrogens with one attached hydrogen (secondary N) is 1. The van der Waals surface area contributed by atoms with E-state index in [0.717, 1.165) is 34.5 Å². The molecule has 0 amide bonds. The first-order valence-electron chi connectivity index (χ1n) is 4.97. The number of anilines is 1. The van der Waals surface area contributed by atoms with Crippen LogP contribution in [0.2, 0.25) is 0 Å². The molecule has 0 aliphatic carbocycles. The summed E-state index contributed by atoms with van der Waals surface area (Å²) in [7, 11) is -0.588.